The van der Waals surface area contributed by atoms with Crippen molar-refractivity contribution in [3.05, 3.63) is 63.8 Å². The molecule has 2 aliphatic rings. The number of benzene rings is 2. The van der Waals surface area contributed by atoms with Gasteiger partial charge in [0.05, 0.1) is 6.04 Å². The molecule has 104 valence electrons. The second-order valence-electron chi connectivity index (χ2n) is 5.74. The fourth-order valence-electron chi connectivity index (χ4n) is 3.68. The van der Waals surface area contributed by atoms with E-state index in [0.717, 1.165) is 18.7 Å². The van der Waals surface area contributed by atoms with Crippen LogP contribution in [0.4, 0.5) is 0 Å². The molecule has 0 saturated carbocycles. The smallest absolute Gasteiger partial charge is 0.142 e. The molecule has 0 saturated heterocycles. The standard InChI is InChI=1S/C18H15NOS/c1-2-4-13-12(3-1)5-6-15-17(13)18-14-8-10-21-16(14)7-9-19(18)11-20-15/h1-6,8,10,18H,7,9,11H2. The molecule has 2 nitrogen and oxygen atoms in total. The maximum Gasteiger partial charge on any atom is 0.142 e. The second kappa shape index (κ2) is 4.33. The van der Waals surface area contributed by atoms with Crippen LogP contribution in [0.25, 0.3) is 10.8 Å². The molecule has 0 aliphatic carbocycles. The van der Waals surface area contributed by atoms with Crippen LogP contribution >= 0.6 is 11.3 Å². The van der Waals surface area contributed by atoms with E-state index in [4.69, 9.17) is 4.74 Å². The predicted octanol–water partition coefficient (Wildman–Crippen LogP) is 4.20. The summed E-state index contributed by atoms with van der Waals surface area (Å²) in [6, 6.07) is 15.6. The highest BCUT2D eigenvalue weighted by Crippen LogP contribution is 2.46. The molecule has 1 atom stereocenters. The third kappa shape index (κ3) is 1.62. The van der Waals surface area contributed by atoms with Crippen LogP contribution in [0.5, 0.6) is 5.75 Å². The Balaban J connectivity index is 1.84. The van der Waals surface area contributed by atoms with E-state index in [2.05, 4.69) is 52.7 Å². The van der Waals surface area contributed by atoms with Gasteiger partial charge < -0.3 is 4.74 Å². The van der Waals surface area contributed by atoms with Gasteiger partial charge in [-0.25, -0.2) is 0 Å². The first-order valence-electron chi connectivity index (χ1n) is 7.36. The van der Waals surface area contributed by atoms with Crippen molar-refractivity contribution >= 4 is 22.1 Å². The van der Waals surface area contributed by atoms with E-state index in [0.29, 0.717) is 12.8 Å². The summed E-state index contributed by atoms with van der Waals surface area (Å²) in [5.41, 5.74) is 2.82. The first-order valence-corrected chi connectivity index (χ1v) is 8.24. The Morgan fingerprint density at radius 2 is 2.05 bits per heavy atom. The number of thiophene rings is 1. The van der Waals surface area contributed by atoms with Gasteiger partial charge in [-0.2, -0.15) is 0 Å². The van der Waals surface area contributed by atoms with Gasteiger partial charge in [0.25, 0.3) is 0 Å². The van der Waals surface area contributed by atoms with Crippen LogP contribution in [0, 0.1) is 0 Å². The number of fused-ring (bicyclic) bond motifs is 7. The fraction of sp³-hybridized carbons (Fsp3) is 0.222. The van der Waals surface area contributed by atoms with Crippen LogP contribution in [0.3, 0.4) is 0 Å². The summed E-state index contributed by atoms with van der Waals surface area (Å²) in [5, 5.41) is 4.85. The highest BCUT2D eigenvalue weighted by molar-refractivity contribution is 7.10. The molecule has 0 spiro atoms. The maximum atomic E-state index is 6.02. The van der Waals surface area contributed by atoms with Crippen molar-refractivity contribution in [2.75, 3.05) is 13.3 Å². The summed E-state index contributed by atoms with van der Waals surface area (Å²) in [6.07, 6.45) is 1.15. The lowest BCUT2D eigenvalue weighted by Gasteiger charge is -2.40. The number of ether oxygens (including phenoxy) is 1. The van der Waals surface area contributed by atoms with E-state index in [1.807, 2.05) is 11.3 Å². The van der Waals surface area contributed by atoms with Crippen LogP contribution in [0.15, 0.2) is 47.8 Å². The Bertz CT molecular complexity index is 838. The second-order valence-corrected chi connectivity index (χ2v) is 6.74. The lowest BCUT2D eigenvalue weighted by molar-refractivity contribution is 0.0694. The Morgan fingerprint density at radius 3 is 3.05 bits per heavy atom. The molecule has 3 heterocycles. The zero-order chi connectivity index (χ0) is 13.8. The van der Waals surface area contributed by atoms with Gasteiger partial charge in [0, 0.05) is 17.0 Å². The first-order chi connectivity index (χ1) is 10.4. The van der Waals surface area contributed by atoms with Crippen LogP contribution in [0.1, 0.15) is 22.0 Å². The predicted molar refractivity (Wildman–Crippen MR) is 86.0 cm³/mol. The topological polar surface area (TPSA) is 12.5 Å². The average Bonchev–Trinajstić information content (AvgIpc) is 3.02. The summed E-state index contributed by atoms with van der Waals surface area (Å²) < 4.78 is 6.02. The Hall–Kier alpha value is -1.84. The van der Waals surface area contributed by atoms with E-state index in [9.17, 15) is 0 Å². The highest BCUT2D eigenvalue weighted by atomic mass is 32.1. The fourth-order valence-corrected chi connectivity index (χ4v) is 4.59. The molecule has 2 aliphatic heterocycles. The molecule has 0 amide bonds. The molecule has 0 radical (unpaired) electrons. The van der Waals surface area contributed by atoms with Crippen LogP contribution in [-0.4, -0.2) is 18.2 Å². The van der Waals surface area contributed by atoms with Gasteiger partial charge in [0.15, 0.2) is 0 Å². The number of nitrogens with zero attached hydrogens (tertiary/aromatic N) is 1. The van der Waals surface area contributed by atoms with E-state index >= 15 is 0 Å². The first kappa shape index (κ1) is 11.8. The van der Waals surface area contributed by atoms with Crippen molar-refractivity contribution in [3.8, 4) is 5.75 Å². The quantitative estimate of drug-likeness (QED) is 0.616. The Kier molecular flexibility index (Phi) is 2.43. The summed E-state index contributed by atoms with van der Waals surface area (Å²) in [5.74, 6) is 1.05. The number of rotatable bonds is 0. The number of hydrogen-bond acceptors (Lipinski definition) is 3. The van der Waals surface area contributed by atoms with Crippen molar-refractivity contribution in [3.63, 3.8) is 0 Å². The molecule has 0 bridgehead atoms. The molecule has 1 aromatic heterocycles. The summed E-state index contributed by atoms with van der Waals surface area (Å²) in [7, 11) is 0. The van der Waals surface area contributed by atoms with Gasteiger partial charge in [-0.15, -0.1) is 11.3 Å². The highest BCUT2D eigenvalue weighted by Gasteiger charge is 2.35. The zero-order valence-corrected chi connectivity index (χ0v) is 12.4. The summed E-state index contributed by atoms with van der Waals surface area (Å²) in [6.45, 7) is 1.78. The van der Waals surface area contributed by atoms with E-state index in [1.54, 1.807) is 0 Å². The van der Waals surface area contributed by atoms with E-state index in [-0.39, 0.29) is 0 Å². The molecule has 3 aromatic rings. The summed E-state index contributed by atoms with van der Waals surface area (Å²) >= 11 is 1.89. The van der Waals surface area contributed by atoms with Gasteiger partial charge in [0.1, 0.15) is 12.5 Å². The van der Waals surface area contributed by atoms with E-state index < -0.39 is 0 Å². The lowest BCUT2D eigenvalue weighted by Crippen LogP contribution is -2.41. The van der Waals surface area contributed by atoms with Crippen molar-refractivity contribution < 1.29 is 4.74 Å². The van der Waals surface area contributed by atoms with Gasteiger partial charge in [0.2, 0.25) is 0 Å². The van der Waals surface area contributed by atoms with Crippen LogP contribution < -0.4 is 4.74 Å². The lowest BCUT2D eigenvalue weighted by atomic mass is 9.88. The maximum absolute atomic E-state index is 6.02. The van der Waals surface area contributed by atoms with Gasteiger partial charge in [-0.05, 0) is 40.3 Å². The Morgan fingerprint density at radius 1 is 1.10 bits per heavy atom. The van der Waals surface area contributed by atoms with E-state index in [1.165, 1.54) is 26.8 Å². The van der Waals surface area contributed by atoms with Crippen molar-refractivity contribution in [1.82, 2.24) is 4.90 Å². The molecule has 3 heteroatoms. The minimum Gasteiger partial charge on any atom is -0.478 e. The monoisotopic (exact) mass is 293 g/mol. The SMILES string of the molecule is c1ccc2c3c(ccc2c1)OCN1CCc2sccc2C31. The van der Waals surface area contributed by atoms with Crippen molar-refractivity contribution in [2.24, 2.45) is 0 Å². The molecule has 0 N–H and O–H groups in total. The third-order valence-electron chi connectivity index (χ3n) is 4.66. The summed E-state index contributed by atoms with van der Waals surface area (Å²) in [4.78, 5) is 4.00. The van der Waals surface area contributed by atoms with Crippen molar-refractivity contribution in [1.29, 1.82) is 0 Å². The molecule has 2 aromatic carbocycles. The minimum absolute atomic E-state index is 0.356. The van der Waals surface area contributed by atoms with Crippen LogP contribution in [-0.2, 0) is 6.42 Å². The molecule has 5 rings (SSSR count). The average molecular weight is 293 g/mol. The normalized spacial score (nSPS) is 20.5. The van der Waals surface area contributed by atoms with Gasteiger partial charge in [-0.1, -0.05) is 30.3 Å². The minimum atomic E-state index is 0.356. The Labute approximate surface area is 127 Å². The van der Waals surface area contributed by atoms with Gasteiger partial charge in [-0.3, -0.25) is 4.90 Å². The molecule has 1 unspecified atom stereocenters. The molecule has 0 fully saturated rings. The molecule has 21 heavy (non-hydrogen) atoms. The van der Waals surface area contributed by atoms with Crippen LogP contribution in [0.2, 0.25) is 0 Å². The zero-order valence-electron chi connectivity index (χ0n) is 11.6. The molecular formula is C18H15NOS. The van der Waals surface area contributed by atoms with Gasteiger partial charge >= 0.3 is 0 Å². The molecular weight excluding hydrogens is 278 g/mol. The third-order valence-corrected chi connectivity index (χ3v) is 5.65. The van der Waals surface area contributed by atoms with Crippen molar-refractivity contribution in [2.45, 2.75) is 12.5 Å². The largest absolute Gasteiger partial charge is 0.478 e. The number of hydrogen-bond donors (Lipinski definition) is 0.